The fourth-order valence-corrected chi connectivity index (χ4v) is 6.08. The van der Waals surface area contributed by atoms with Crippen LogP contribution >= 0.6 is 11.6 Å². The van der Waals surface area contributed by atoms with Gasteiger partial charge in [-0.2, -0.15) is 0 Å². The molecule has 2 aliphatic heterocycles. The van der Waals surface area contributed by atoms with Gasteiger partial charge in [-0.25, -0.2) is 9.18 Å². The topological polar surface area (TPSA) is 84.6 Å². The van der Waals surface area contributed by atoms with Crippen LogP contribution < -0.4 is 11.2 Å². The summed E-state index contributed by atoms with van der Waals surface area (Å²) >= 11 is 6.19. The van der Waals surface area contributed by atoms with Crippen LogP contribution in [0.3, 0.4) is 0 Å². The van der Waals surface area contributed by atoms with E-state index in [4.69, 9.17) is 11.6 Å². The molecule has 0 N–H and O–H groups in total. The molecule has 5 rings (SSSR count). The molecular weight excluding hydrogens is 547 g/mol. The monoisotopic (exact) mass is 580 g/mol. The van der Waals surface area contributed by atoms with Gasteiger partial charge in [-0.15, -0.1) is 0 Å². The summed E-state index contributed by atoms with van der Waals surface area (Å²) in [4.78, 5) is 56.7. The molecule has 0 saturated carbocycles. The van der Waals surface area contributed by atoms with Gasteiger partial charge in [0.2, 0.25) is 11.8 Å². The Bertz CT molecular complexity index is 1590. The van der Waals surface area contributed by atoms with E-state index in [-0.39, 0.29) is 53.0 Å². The smallest absolute Gasteiger partial charge is 0.331 e. The second-order valence-electron chi connectivity index (χ2n) is 11.3. The first-order valence-corrected chi connectivity index (χ1v) is 14.4. The van der Waals surface area contributed by atoms with E-state index >= 15 is 0 Å². The van der Waals surface area contributed by atoms with E-state index in [1.807, 2.05) is 36.9 Å². The number of carbonyl (C=O) groups excluding carboxylic acids is 2. The molecule has 2 aromatic carbocycles. The van der Waals surface area contributed by atoms with Gasteiger partial charge < -0.3 is 9.80 Å². The Hall–Kier alpha value is -3.72. The molecule has 1 fully saturated rings. The van der Waals surface area contributed by atoms with Crippen molar-refractivity contribution in [2.75, 3.05) is 19.6 Å². The number of aromatic nitrogens is 2. The van der Waals surface area contributed by atoms with Crippen LogP contribution in [0.5, 0.6) is 0 Å². The van der Waals surface area contributed by atoms with Gasteiger partial charge in [0.05, 0.1) is 17.0 Å². The third-order valence-electron chi connectivity index (χ3n) is 7.99. The molecule has 10 heteroatoms. The van der Waals surface area contributed by atoms with Crippen LogP contribution in [0.4, 0.5) is 4.39 Å². The molecule has 2 aliphatic rings. The van der Waals surface area contributed by atoms with Crippen molar-refractivity contribution in [2.24, 2.45) is 5.92 Å². The van der Waals surface area contributed by atoms with Crippen molar-refractivity contribution in [3.63, 3.8) is 0 Å². The maximum Gasteiger partial charge on any atom is 0.331 e. The van der Waals surface area contributed by atoms with E-state index in [1.54, 1.807) is 4.90 Å². The number of fused-ring (bicyclic) bond motifs is 1. The summed E-state index contributed by atoms with van der Waals surface area (Å²) in [6.07, 6.45) is 3.81. The Morgan fingerprint density at radius 3 is 2.39 bits per heavy atom. The highest BCUT2D eigenvalue weighted by molar-refractivity contribution is 6.33. The van der Waals surface area contributed by atoms with Crippen molar-refractivity contribution in [1.82, 2.24) is 18.9 Å². The number of piperidine rings is 1. The number of nitrogens with zero attached hydrogens (tertiary/aromatic N) is 4. The molecule has 0 aliphatic carbocycles. The Balaban J connectivity index is 1.33. The highest BCUT2D eigenvalue weighted by Gasteiger charge is 2.31. The Labute approximate surface area is 243 Å². The van der Waals surface area contributed by atoms with Gasteiger partial charge >= 0.3 is 5.69 Å². The standard InChI is InChI=1S/C31H34ClFN4O4/c1-20(2)17-37-30(40)25(24-8-5-9-26(33)29(24)32)18-35(31(37)41)19-28(39)34-13-11-23(12-14-34)36-15-10-21-6-3-4-7-22(21)16-27(36)38/h3-9,18,20,23H,10-17,19H2,1-2H3. The highest BCUT2D eigenvalue weighted by Crippen LogP contribution is 2.28. The number of rotatable bonds is 6. The molecule has 2 amide bonds. The molecule has 1 aromatic heterocycles. The molecule has 0 atom stereocenters. The van der Waals surface area contributed by atoms with Gasteiger partial charge in [-0.05, 0) is 42.4 Å². The summed E-state index contributed by atoms with van der Waals surface area (Å²) in [6, 6.07) is 12.3. The average Bonchev–Trinajstić information content (AvgIpc) is 3.12. The zero-order valence-electron chi connectivity index (χ0n) is 23.3. The largest absolute Gasteiger partial charge is 0.341 e. The number of benzene rings is 2. The summed E-state index contributed by atoms with van der Waals surface area (Å²) in [5.74, 6) is -0.841. The second kappa shape index (κ2) is 12.0. The fraction of sp³-hybridized carbons (Fsp3) is 0.419. The average molecular weight is 581 g/mol. The molecule has 41 heavy (non-hydrogen) atoms. The zero-order valence-corrected chi connectivity index (χ0v) is 24.1. The Kier molecular flexibility index (Phi) is 8.45. The van der Waals surface area contributed by atoms with Crippen molar-refractivity contribution in [3.05, 3.63) is 91.5 Å². The van der Waals surface area contributed by atoms with Crippen LogP contribution in [0.2, 0.25) is 5.02 Å². The molecular formula is C31H34ClFN4O4. The van der Waals surface area contributed by atoms with E-state index in [9.17, 15) is 23.6 Å². The van der Waals surface area contributed by atoms with E-state index in [1.165, 1.54) is 34.5 Å². The van der Waals surface area contributed by atoms with Crippen molar-refractivity contribution in [1.29, 1.82) is 0 Å². The van der Waals surface area contributed by atoms with Gasteiger partial charge in [0, 0.05) is 44.0 Å². The van der Waals surface area contributed by atoms with Crippen molar-refractivity contribution >= 4 is 23.4 Å². The molecule has 0 spiro atoms. The highest BCUT2D eigenvalue weighted by atomic mass is 35.5. The Morgan fingerprint density at radius 1 is 0.976 bits per heavy atom. The molecule has 216 valence electrons. The maximum atomic E-state index is 14.2. The lowest BCUT2D eigenvalue weighted by molar-refractivity contribution is -0.136. The third-order valence-corrected chi connectivity index (χ3v) is 8.38. The lowest BCUT2D eigenvalue weighted by Gasteiger charge is -2.38. The number of likely N-dealkylation sites (tertiary alicyclic amines) is 1. The van der Waals surface area contributed by atoms with Gasteiger partial charge in [0.25, 0.3) is 5.56 Å². The summed E-state index contributed by atoms with van der Waals surface area (Å²) in [5, 5.41) is -0.217. The molecule has 0 bridgehead atoms. The van der Waals surface area contributed by atoms with E-state index in [0.29, 0.717) is 38.9 Å². The quantitative estimate of drug-likeness (QED) is 0.445. The van der Waals surface area contributed by atoms with Crippen LogP contribution in [-0.4, -0.2) is 56.4 Å². The summed E-state index contributed by atoms with van der Waals surface area (Å²) in [6.45, 7) is 5.22. The molecule has 8 nitrogen and oxygen atoms in total. The first-order valence-electron chi connectivity index (χ1n) is 14.1. The fourth-order valence-electron chi connectivity index (χ4n) is 5.85. The van der Waals surface area contributed by atoms with Crippen LogP contribution in [0.1, 0.15) is 37.8 Å². The van der Waals surface area contributed by atoms with Crippen LogP contribution in [-0.2, 0) is 35.5 Å². The predicted molar refractivity (Wildman–Crippen MR) is 155 cm³/mol. The van der Waals surface area contributed by atoms with E-state index in [0.717, 1.165) is 16.6 Å². The van der Waals surface area contributed by atoms with Gasteiger partial charge in [-0.1, -0.05) is 61.8 Å². The van der Waals surface area contributed by atoms with Crippen molar-refractivity contribution < 1.29 is 14.0 Å². The molecule has 0 radical (unpaired) electrons. The zero-order chi connectivity index (χ0) is 29.3. The minimum atomic E-state index is -0.678. The minimum absolute atomic E-state index is 0.0173. The Morgan fingerprint density at radius 2 is 1.68 bits per heavy atom. The lowest BCUT2D eigenvalue weighted by Crippen LogP contribution is -2.50. The third kappa shape index (κ3) is 6.00. The minimum Gasteiger partial charge on any atom is -0.341 e. The van der Waals surface area contributed by atoms with Gasteiger partial charge in [-0.3, -0.25) is 23.5 Å². The molecule has 3 heterocycles. The predicted octanol–water partition coefficient (Wildman–Crippen LogP) is 3.74. The number of hydrogen-bond donors (Lipinski definition) is 0. The van der Waals surface area contributed by atoms with Gasteiger partial charge in [0.15, 0.2) is 0 Å². The molecule has 0 unspecified atom stereocenters. The normalized spacial score (nSPS) is 16.2. The second-order valence-corrected chi connectivity index (χ2v) is 11.6. The number of hydrogen-bond acceptors (Lipinski definition) is 4. The number of amides is 2. The van der Waals surface area contributed by atoms with Crippen LogP contribution in [0, 0.1) is 11.7 Å². The first kappa shape index (κ1) is 28.8. The van der Waals surface area contributed by atoms with Crippen molar-refractivity contribution in [2.45, 2.75) is 58.7 Å². The summed E-state index contributed by atoms with van der Waals surface area (Å²) in [7, 11) is 0. The maximum absolute atomic E-state index is 14.2. The van der Waals surface area contributed by atoms with E-state index < -0.39 is 17.1 Å². The molecule has 1 saturated heterocycles. The number of carbonyl (C=O) groups is 2. The molecule has 3 aromatic rings. The van der Waals surface area contributed by atoms with Crippen LogP contribution in [0.25, 0.3) is 11.1 Å². The first-order chi connectivity index (χ1) is 19.6. The summed E-state index contributed by atoms with van der Waals surface area (Å²) < 4.78 is 16.5. The lowest BCUT2D eigenvalue weighted by atomic mass is 10.0. The SMILES string of the molecule is CC(C)Cn1c(=O)c(-c2cccc(F)c2Cl)cn(CC(=O)N2CCC(N3CCc4ccccc4CC3=O)CC2)c1=O. The van der Waals surface area contributed by atoms with Crippen molar-refractivity contribution in [3.8, 4) is 11.1 Å². The number of halogens is 2. The van der Waals surface area contributed by atoms with Gasteiger partial charge in [0.1, 0.15) is 12.4 Å². The van der Waals surface area contributed by atoms with Crippen LogP contribution in [0.15, 0.2) is 58.3 Å². The van der Waals surface area contributed by atoms with E-state index in [2.05, 4.69) is 6.07 Å². The summed E-state index contributed by atoms with van der Waals surface area (Å²) in [5.41, 5.74) is 1.33.